The Morgan fingerprint density at radius 3 is 1.92 bits per heavy atom. The number of para-hydroxylation sites is 1. The van der Waals surface area contributed by atoms with Crippen molar-refractivity contribution in [3.63, 3.8) is 0 Å². The van der Waals surface area contributed by atoms with Gasteiger partial charge in [0.2, 0.25) is 5.75 Å². The molecule has 0 aliphatic rings. The first-order valence-corrected chi connectivity index (χ1v) is 10.3. The second kappa shape index (κ2) is 12.1. The molecule has 1 aromatic rings. The molecule has 0 amide bonds. The van der Waals surface area contributed by atoms with Crippen LogP contribution in [0.25, 0.3) is 0 Å². The van der Waals surface area contributed by atoms with Crippen LogP contribution in [0.3, 0.4) is 0 Å². The third-order valence-corrected chi connectivity index (χ3v) is 5.01. The SMILES string of the molecule is CCCCCCCC(CCCC)(CCCC)Oc1cccc(O)c1O. The zero-order valence-electron chi connectivity index (χ0n) is 16.5. The summed E-state index contributed by atoms with van der Waals surface area (Å²) in [5.74, 6) is 0.173. The zero-order valence-corrected chi connectivity index (χ0v) is 16.5. The Hall–Kier alpha value is -1.38. The van der Waals surface area contributed by atoms with Gasteiger partial charge in [-0.15, -0.1) is 0 Å². The first-order chi connectivity index (χ1) is 12.1. The molecule has 0 heterocycles. The van der Waals surface area contributed by atoms with Crippen molar-refractivity contribution < 1.29 is 14.9 Å². The van der Waals surface area contributed by atoms with E-state index in [2.05, 4.69) is 20.8 Å². The molecule has 0 saturated carbocycles. The molecule has 0 aliphatic heterocycles. The molecule has 0 spiro atoms. The molecule has 1 rings (SSSR count). The van der Waals surface area contributed by atoms with E-state index in [1.807, 2.05) is 0 Å². The average molecular weight is 351 g/mol. The van der Waals surface area contributed by atoms with Crippen molar-refractivity contribution in [1.29, 1.82) is 0 Å². The van der Waals surface area contributed by atoms with E-state index in [1.54, 1.807) is 12.1 Å². The Balaban J connectivity index is 2.89. The lowest BCUT2D eigenvalue weighted by Crippen LogP contribution is -2.36. The molecule has 0 fully saturated rings. The maximum atomic E-state index is 10.2. The average Bonchev–Trinajstić information content (AvgIpc) is 2.62. The van der Waals surface area contributed by atoms with Gasteiger partial charge in [-0.2, -0.15) is 0 Å². The van der Waals surface area contributed by atoms with E-state index in [4.69, 9.17) is 4.74 Å². The van der Waals surface area contributed by atoms with E-state index in [9.17, 15) is 10.2 Å². The zero-order chi connectivity index (χ0) is 18.5. The van der Waals surface area contributed by atoms with Crippen LogP contribution in [0.2, 0.25) is 0 Å². The minimum absolute atomic E-state index is 0.111. The van der Waals surface area contributed by atoms with Gasteiger partial charge in [0.15, 0.2) is 11.5 Å². The molecule has 3 nitrogen and oxygen atoms in total. The third-order valence-electron chi connectivity index (χ3n) is 5.01. The molecule has 0 aliphatic carbocycles. The van der Waals surface area contributed by atoms with E-state index in [1.165, 1.54) is 31.7 Å². The molecular formula is C22H38O3. The van der Waals surface area contributed by atoms with E-state index >= 15 is 0 Å². The molecule has 144 valence electrons. The number of phenolic OH excluding ortho intramolecular Hbond substituents is 2. The lowest BCUT2D eigenvalue weighted by molar-refractivity contribution is 0.0314. The minimum Gasteiger partial charge on any atom is -0.504 e. The quantitative estimate of drug-likeness (QED) is 0.282. The molecule has 0 unspecified atom stereocenters. The highest BCUT2D eigenvalue weighted by molar-refractivity contribution is 5.49. The highest BCUT2D eigenvalue weighted by atomic mass is 16.5. The van der Waals surface area contributed by atoms with Crippen LogP contribution in [-0.4, -0.2) is 15.8 Å². The summed E-state index contributed by atoms with van der Waals surface area (Å²) in [7, 11) is 0. The summed E-state index contributed by atoms with van der Waals surface area (Å²) < 4.78 is 6.41. The lowest BCUT2D eigenvalue weighted by atomic mass is 9.85. The molecule has 0 bridgehead atoms. The fourth-order valence-corrected chi connectivity index (χ4v) is 3.40. The maximum absolute atomic E-state index is 10.2. The highest BCUT2D eigenvalue weighted by Crippen LogP contribution is 2.40. The topological polar surface area (TPSA) is 49.7 Å². The number of ether oxygens (including phenoxy) is 1. The van der Waals surface area contributed by atoms with Crippen molar-refractivity contribution in [3.05, 3.63) is 18.2 Å². The van der Waals surface area contributed by atoms with Gasteiger partial charge in [-0.25, -0.2) is 0 Å². The Morgan fingerprint density at radius 2 is 1.32 bits per heavy atom. The van der Waals surface area contributed by atoms with Crippen LogP contribution in [-0.2, 0) is 0 Å². The molecule has 0 radical (unpaired) electrons. The van der Waals surface area contributed by atoms with E-state index in [-0.39, 0.29) is 17.1 Å². The fourth-order valence-electron chi connectivity index (χ4n) is 3.40. The molecule has 1 aromatic carbocycles. The molecule has 25 heavy (non-hydrogen) atoms. The van der Waals surface area contributed by atoms with Crippen molar-refractivity contribution in [2.24, 2.45) is 0 Å². The van der Waals surface area contributed by atoms with Gasteiger partial charge in [-0.3, -0.25) is 0 Å². The number of aromatic hydroxyl groups is 2. The Kier molecular flexibility index (Phi) is 10.4. The monoisotopic (exact) mass is 350 g/mol. The predicted molar refractivity (Wildman–Crippen MR) is 106 cm³/mol. The normalized spacial score (nSPS) is 11.6. The van der Waals surface area contributed by atoms with Gasteiger partial charge in [0.25, 0.3) is 0 Å². The number of rotatable bonds is 14. The van der Waals surface area contributed by atoms with E-state index in [0.29, 0.717) is 5.75 Å². The van der Waals surface area contributed by atoms with Gasteiger partial charge in [-0.05, 0) is 50.7 Å². The van der Waals surface area contributed by atoms with Gasteiger partial charge >= 0.3 is 0 Å². The number of unbranched alkanes of at least 4 members (excludes halogenated alkanes) is 6. The molecule has 0 saturated heterocycles. The van der Waals surface area contributed by atoms with Crippen LogP contribution in [0.15, 0.2) is 18.2 Å². The van der Waals surface area contributed by atoms with Crippen molar-refractivity contribution in [1.82, 2.24) is 0 Å². The van der Waals surface area contributed by atoms with Gasteiger partial charge in [-0.1, -0.05) is 65.4 Å². The lowest BCUT2D eigenvalue weighted by Gasteiger charge is -2.35. The third kappa shape index (κ3) is 7.58. The summed E-state index contributed by atoms with van der Waals surface area (Å²) in [5, 5.41) is 20.0. The van der Waals surface area contributed by atoms with Crippen LogP contribution in [0.5, 0.6) is 17.2 Å². The number of hydrogen-bond acceptors (Lipinski definition) is 3. The van der Waals surface area contributed by atoms with E-state index < -0.39 is 0 Å². The van der Waals surface area contributed by atoms with Crippen LogP contribution in [0.4, 0.5) is 0 Å². The number of hydrogen-bond donors (Lipinski definition) is 2. The standard InChI is InChI=1S/C22H38O3/c1-4-7-10-11-12-18-22(16-8-5-2,17-9-6-3)25-20-15-13-14-19(23)21(20)24/h13-15,23-24H,4-12,16-18H2,1-3H3. The largest absolute Gasteiger partial charge is 0.504 e. The molecule has 2 N–H and O–H groups in total. The summed E-state index contributed by atoms with van der Waals surface area (Å²) in [6.45, 7) is 6.65. The molecular weight excluding hydrogens is 312 g/mol. The van der Waals surface area contributed by atoms with E-state index in [0.717, 1.165) is 51.4 Å². The van der Waals surface area contributed by atoms with Crippen molar-refractivity contribution in [2.75, 3.05) is 0 Å². The highest BCUT2D eigenvalue weighted by Gasteiger charge is 2.32. The smallest absolute Gasteiger partial charge is 0.200 e. The second-order valence-corrected chi connectivity index (χ2v) is 7.28. The molecule has 0 aromatic heterocycles. The van der Waals surface area contributed by atoms with Gasteiger partial charge in [0.05, 0.1) is 0 Å². The Labute approximate surface area is 154 Å². The minimum atomic E-state index is -0.233. The summed E-state index contributed by atoms with van der Waals surface area (Å²) in [4.78, 5) is 0. The summed E-state index contributed by atoms with van der Waals surface area (Å²) >= 11 is 0. The predicted octanol–water partition coefficient (Wildman–Crippen LogP) is 6.96. The first-order valence-electron chi connectivity index (χ1n) is 10.3. The van der Waals surface area contributed by atoms with Crippen LogP contribution in [0, 0.1) is 0 Å². The summed E-state index contributed by atoms with van der Waals surface area (Å²) in [6, 6.07) is 4.99. The van der Waals surface area contributed by atoms with Gasteiger partial charge < -0.3 is 14.9 Å². The van der Waals surface area contributed by atoms with Crippen molar-refractivity contribution in [2.45, 2.75) is 103 Å². The first kappa shape index (κ1) is 21.7. The summed E-state index contributed by atoms with van der Waals surface area (Å²) in [6.07, 6.45) is 13.8. The molecule has 3 heteroatoms. The van der Waals surface area contributed by atoms with Crippen molar-refractivity contribution in [3.8, 4) is 17.2 Å². The van der Waals surface area contributed by atoms with Crippen LogP contribution in [0.1, 0.15) is 97.8 Å². The molecule has 0 atom stereocenters. The fraction of sp³-hybridized carbons (Fsp3) is 0.727. The summed E-state index contributed by atoms with van der Waals surface area (Å²) in [5.41, 5.74) is -0.233. The van der Waals surface area contributed by atoms with Gasteiger partial charge in [0, 0.05) is 0 Å². The second-order valence-electron chi connectivity index (χ2n) is 7.28. The number of benzene rings is 1. The number of phenols is 2. The Bertz CT molecular complexity index is 462. The van der Waals surface area contributed by atoms with Crippen LogP contribution >= 0.6 is 0 Å². The maximum Gasteiger partial charge on any atom is 0.200 e. The van der Waals surface area contributed by atoms with Gasteiger partial charge in [0.1, 0.15) is 5.60 Å². The van der Waals surface area contributed by atoms with Crippen LogP contribution < -0.4 is 4.74 Å². The Morgan fingerprint density at radius 1 is 0.760 bits per heavy atom. The van der Waals surface area contributed by atoms with Crippen molar-refractivity contribution >= 4 is 0 Å².